The molecule has 6 N–H and O–H groups in total. The van der Waals surface area contributed by atoms with Gasteiger partial charge in [-0.1, -0.05) is 39.2 Å². The van der Waals surface area contributed by atoms with Crippen LogP contribution in [0.1, 0.15) is 57.4 Å². The molecule has 0 aliphatic carbocycles. The van der Waals surface area contributed by atoms with E-state index in [4.69, 9.17) is 14.2 Å². The number of unbranched alkanes of at least 4 members (excludes halogenated alkanes) is 5. The molecule has 49 heavy (non-hydrogen) atoms. The summed E-state index contributed by atoms with van der Waals surface area (Å²) in [5.74, 6) is 1.28. The van der Waals surface area contributed by atoms with Crippen LogP contribution in [0.4, 0.5) is 34.1 Å². The lowest BCUT2D eigenvalue weighted by Crippen LogP contribution is -2.12. The summed E-state index contributed by atoms with van der Waals surface area (Å²) in [6.45, 7) is 9.35. The number of hydrogen-bond acceptors (Lipinski definition) is 10. The highest BCUT2D eigenvalue weighted by Gasteiger charge is 2.03. The van der Waals surface area contributed by atoms with Crippen LogP contribution >= 0.6 is 0 Å². The second-order valence-electron chi connectivity index (χ2n) is 11.6. The van der Waals surface area contributed by atoms with E-state index in [1.807, 2.05) is 84.9 Å². The highest BCUT2D eigenvalue weighted by Crippen LogP contribution is 2.23. The number of nitrogens with one attached hydrogen (secondary N) is 6. The first kappa shape index (κ1) is 36.3. The molecule has 4 aromatic rings. The third-order valence-corrected chi connectivity index (χ3v) is 7.60. The Kier molecular flexibility index (Phi) is 15.3. The van der Waals surface area contributed by atoms with Crippen molar-refractivity contribution < 1.29 is 19.0 Å². The average molecular weight is 667 g/mol. The smallest absolute Gasteiger partial charge is 0.330 e. The van der Waals surface area contributed by atoms with Crippen LogP contribution in [0, 0.1) is 6.92 Å². The number of ether oxygens (including phenoxy) is 3. The van der Waals surface area contributed by atoms with Crippen LogP contribution < -0.4 is 42.0 Å². The molecule has 4 aromatic carbocycles. The van der Waals surface area contributed by atoms with E-state index in [1.54, 1.807) is 0 Å². The maximum Gasteiger partial charge on any atom is 0.330 e. The molecule has 0 unspecified atom stereocenters. The molecule has 0 aliphatic rings. The van der Waals surface area contributed by atoms with E-state index < -0.39 is 5.97 Å². The van der Waals surface area contributed by atoms with Crippen LogP contribution in [0.15, 0.2) is 104 Å². The van der Waals surface area contributed by atoms with Gasteiger partial charge in [-0.2, -0.15) is 0 Å². The first-order valence-electron chi connectivity index (χ1n) is 17.0. The van der Waals surface area contributed by atoms with E-state index >= 15 is 0 Å². The molecule has 10 nitrogen and oxygen atoms in total. The minimum absolute atomic E-state index is 0.368. The molecule has 0 spiro atoms. The van der Waals surface area contributed by atoms with Crippen molar-refractivity contribution >= 4 is 40.1 Å². The lowest BCUT2D eigenvalue weighted by molar-refractivity contribution is -0.137. The van der Waals surface area contributed by atoms with Crippen molar-refractivity contribution in [3.63, 3.8) is 0 Å². The molecular weight excluding hydrogens is 616 g/mol. The maximum atomic E-state index is 11.0. The second kappa shape index (κ2) is 20.7. The first-order chi connectivity index (χ1) is 24.0. The molecule has 0 bridgehead atoms. The molecule has 10 heteroatoms. The van der Waals surface area contributed by atoms with E-state index in [1.165, 1.54) is 31.8 Å². The maximum absolute atomic E-state index is 11.0. The van der Waals surface area contributed by atoms with Crippen LogP contribution in [0.2, 0.25) is 0 Å². The van der Waals surface area contributed by atoms with Gasteiger partial charge < -0.3 is 46.8 Å². The van der Waals surface area contributed by atoms with Crippen molar-refractivity contribution in [1.29, 1.82) is 0 Å². The van der Waals surface area contributed by atoms with Crippen molar-refractivity contribution in [2.24, 2.45) is 0 Å². The molecule has 260 valence electrons. The number of carbonyl (C=O) groups excluding carboxylic acids is 1. The summed E-state index contributed by atoms with van der Waals surface area (Å²) in [6.07, 6.45) is 8.86. The van der Waals surface area contributed by atoms with Crippen molar-refractivity contribution in [1.82, 2.24) is 0 Å². The molecule has 0 amide bonds. The van der Waals surface area contributed by atoms with Gasteiger partial charge in [0.15, 0.2) is 0 Å². The number of benzene rings is 4. The standard InChI is InChI=1S/C39H50N6O4/c1-4-6-7-8-9-26-47-36-21-16-33(17-22-36)41-40-31-12-14-32(15-13-31)43-45-38-25-20-35(29-30(38)3)44-42-34-18-23-37(24-19-34)48-27-10-11-28-49-39(46)5-2/h5,12-25,29,40-45H,2,4,6-11,26-28H2,1,3H3. The fraction of sp³-hybridized carbons (Fsp3) is 0.308. The molecule has 0 saturated carbocycles. The quantitative estimate of drug-likeness (QED) is 0.0198. The average Bonchev–Trinajstić information content (AvgIpc) is 3.13. The summed E-state index contributed by atoms with van der Waals surface area (Å²) < 4.78 is 16.6. The highest BCUT2D eigenvalue weighted by atomic mass is 16.5. The molecule has 0 aromatic heterocycles. The normalized spacial score (nSPS) is 10.4. The van der Waals surface area contributed by atoms with Crippen molar-refractivity contribution in [2.75, 3.05) is 52.4 Å². The van der Waals surface area contributed by atoms with Gasteiger partial charge in [0.2, 0.25) is 0 Å². The SMILES string of the molecule is C=CC(=O)OCCCCOc1ccc(NNc2ccc(NNc3ccc(NNc4ccc(OCCCCCCC)cc4)cc3)c(C)c2)cc1. The summed E-state index contributed by atoms with van der Waals surface area (Å²) >= 11 is 0. The molecule has 0 atom stereocenters. The van der Waals surface area contributed by atoms with E-state index in [0.29, 0.717) is 13.2 Å². The van der Waals surface area contributed by atoms with E-state index in [0.717, 1.165) is 77.1 Å². The third kappa shape index (κ3) is 13.6. The number of hydrogen-bond donors (Lipinski definition) is 6. The monoisotopic (exact) mass is 666 g/mol. The van der Waals surface area contributed by atoms with Gasteiger partial charge in [0.05, 0.1) is 53.9 Å². The zero-order valence-electron chi connectivity index (χ0n) is 28.6. The van der Waals surface area contributed by atoms with Crippen LogP contribution in [-0.4, -0.2) is 25.8 Å². The number of hydrazine groups is 3. The first-order valence-corrected chi connectivity index (χ1v) is 17.0. The Labute approximate surface area is 290 Å². The Bertz CT molecular complexity index is 1550. The topological polar surface area (TPSA) is 117 Å². The molecule has 0 heterocycles. The zero-order valence-corrected chi connectivity index (χ0v) is 28.6. The Balaban J connectivity index is 1.12. The van der Waals surface area contributed by atoms with Gasteiger partial charge in [0.25, 0.3) is 0 Å². The predicted octanol–water partition coefficient (Wildman–Crippen LogP) is 9.55. The number of carbonyl (C=O) groups is 1. The molecular formula is C39H50N6O4. The second-order valence-corrected chi connectivity index (χ2v) is 11.6. The fourth-order valence-corrected chi connectivity index (χ4v) is 4.74. The Morgan fingerprint density at radius 2 is 1.00 bits per heavy atom. The van der Waals surface area contributed by atoms with E-state index in [2.05, 4.69) is 59.0 Å². The van der Waals surface area contributed by atoms with Crippen LogP contribution in [-0.2, 0) is 9.53 Å². The van der Waals surface area contributed by atoms with Crippen molar-refractivity contribution in [3.05, 3.63) is 109 Å². The van der Waals surface area contributed by atoms with Gasteiger partial charge in [-0.15, -0.1) is 0 Å². The number of anilines is 6. The zero-order chi connectivity index (χ0) is 34.5. The van der Waals surface area contributed by atoms with E-state index in [-0.39, 0.29) is 0 Å². The van der Waals surface area contributed by atoms with Gasteiger partial charge in [-0.05, 0) is 123 Å². The Morgan fingerprint density at radius 1 is 0.571 bits per heavy atom. The Morgan fingerprint density at radius 3 is 1.51 bits per heavy atom. The lowest BCUT2D eigenvalue weighted by atomic mass is 10.2. The van der Waals surface area contributed by atoms with Crippen LogP contribution in [0.5, 0.6) is 11.5 Å². The molecule has 0 aliphatic heterocycles. The molecule has 4 rings (SSSR count). The van der Waals surface area contributed by atoms with Crippen molar-refractivity contribution in [3.8, 4) is 11.5 Å². The summed E-state index contributed by atoms with van der Waals surface area (Å²) in [5.41, 5.74) is 26.2. The minimum Gasteiger partial charge on any atom is -0.494 e. The highest BCUT2D eigenvalue weighted by molar-refractivity contribution is 5.81. The number of esters is 1. The van der Waals surface area contributed by atoms with E-state index in [9.17, 15) is 4.79 Å². The largest absolute Gasteiger partial charge is 0.494 e. The molecule has 0 fully saturated rings. The summed E-state index contributed by atoms with van der Waals surface area (Å²) in [6, 6.07) is 29.8. The Hall–Kier alpha value is -5.51. The predicted molar refractivity (Wildman–Crippen MR) is 202 cm³/mol. The van der Waals surface area contributed by atoms with Gasteiger partial charge in [-0.25, -0.2) is 4.79 Å². The van der Waals surface area contributed by atoms with Gasteiger partial charge in [0, 0.05) is 6.08 Å². The fourth-order valence-electron chi connectivity index (χ4n) is 4.74. The molecule has 0 saturated heterocycles. The summed E-state index contributed by atoms with van der Waals surface area (Å²) in [7, 11) is 0. The number of rotatable bonds is 23. The third-order valence-electron chi connectivity index (χ3n) is 7.60. The molecule has 0 radical (unpaired) electrons. The van der Waals surface area contributed by atoms with Crippen LogP contribution in [0.25, 0.3) is 0 Å². The summed E-state index contributed by atoms with van der Waals surface area (Å²) in [5, 5.41) is 0. The lowest BCUT2D eigenvalue weighted by Gasteiger charge is -2.16. The van der Waals surface area contributed by atoms with Crippen molar-refractivity contribution in [2.45, 2.75) is 58.8 Å². The van der Waals surface area contributed by atoms with Gasteiger partial charge in [-0.3, -0.25) is 0 Å². The summed E-state index contributed by atoms with van der Waals surface area (Å²) in [4.78, 5) is 11.0. The minimum atomic E-state index is -0.398. The number of aryl methyl sites for hydroxylation is 1. The van der Waals surface area contributed by atoms with Crippen LogP contribution in [0.3, 0.4) is 0 Å². The van der Waals surface area contributed by atoms with Gasteiger partial charge in [0.1, 0.15) is 11.5 Å². The van der Waals surface area contributed by atoms with Gasteiger partial charge >= 0.3 is 5.97 Å².